The van der Waals surface area contributed by atoms with Crippen molar-refractivity contribution in [1.29, 1.82) is 0 Å². The van der Waals surface area contributed by atoms with Crippen LogP contribution in [0.15, 0.2) is 28.7 Å². The summed E-state index contributed by atoms with van der Waals surface area (Å²) in [5.41, 5.74) is 7.03. The maximum atomic E-state index is 5.67. The van der Waals surface area contributed by atoms with Crippen molar-refractivity contribution in [3.05, 3.63) is 34.3 Å². The summed E-state index contributed by atoms with van der Waals surface area (Å²) in [6, 6.07) is 8.35. The first-order valence-corrected chi connectivity index (χ1v) is 5.50. The standard InChI is InChI=1S/C11H16BrN/c1-2-9(8-13)7-10-5-3-4-6-11(10)12/h3-6,9H,2,7-8,13H2,1H3/t9-/m1/s1. The number of hydrogen-bond acceptors (Lipinski definition) is 1. The van der Waals surface area contributed by atoms with E-state index < -0.39 is 0 Å². The van der Waals surface area contributed by atoms with Gasteiger partial charge in [0.25, 0.3) is 0 Å². The van der Waals surface area contributed by atoms with E-state index in [9.17, 15) is 0 Å². The largest absolute Gasteiger partial charge is 0.330 e. The van der Waals surface area contributed by atoms with Crippen molar-refractivity contribution in [2.24, 2.45) is 11.7 Å². The highest BCUT2D eigenvalue weighted by Crippen LogP contribution is 2.20. The first kappa shape index (κ1) is 10.7. The minimum absolute atomic E-state index is 0.610. The van der Waals surface area contributed by atoms with Gasteiger partial charge in [0.2, 0.25) is 0 Å². The van der Waals surface area contributed by atoms with Crippen LogP contribution in [0.5, 0.6) is 0 Å². The molecule has 2 N–H and O–H groups in total. The zero-order valence-electron chi connectivity index (χ0n) is 7.96. The van der Waals surface area contributed by atoms with Gasteiger partial charge in [-0.2, -0.15) is 0 Å². The Morgan fingerprint density at radius 3 is 2.62 bits per heavy atom. The monoisotopic (exact) mass is 241 g/mol. The Labute approximate surface area is 88.5 Å². The van der Waals surface area contributed by atoms with Crippen molar-refractivity contribution in [3.8, 4) is 0 Å². The maximum absolute atomic E-state index is 5.67. The van der Waals surface area contributed by atoms with Crippen LogP contribution in [0, 0.1) is 5.92 Å². The molecule has 0 unspecified atom stereocenters. The van der Waals surface area contributed by atoms with Gasteiger partial charge >= 0.3 is 0 Å². The van der Waals surface area contributed by atoms with E-state index >= 15 is 0 Å². The predicted molar refractivity (Wildman–Crippen MR) is 60.7 cm³/mol. The van der Waals surface area contributed by atoms with E-state index in [1.165, 1.54) is 10.0 Å². The summed E-state index contributed by atoms with van der Waals surface area (Å²) < 4.78 is 1.20. The van der Waals surface area contributed by atoms with E-state index in [0.29, 0.717) is 5.92 Å². The fraction of sp³-hybridized carbons (Fsp3) is 0.455. The van der Waals surface area contributed by atoms with Gasteiger partial charge in [0.05, 0.1) is 0 Å². The summed E-state index contributed by atoms with van der Waals surface area (Å²) in [5, 5.41) is 0. The molecule has 0 saturated carbocycles. The second-order valence-electron chi connectivity index (χ2n) is 3.31. The van der Waals surface area contributed by atoms with Crippen LogP contribution in [0.1, 0.15) is 18.9 Å². The zero-order chi connectivity index (χ0) is 9.68. The fourth-order valence-electron chi connectivity index (χ4n) is 1.37. The molecule has 1 nitrogen and oxygen atoms in total. The molecule has 1 atom stereocenters. The molecule has 0 aromatic heterocycles. The van der Waals surface area contributed by atoms with E-state index in [2.05, 4.69) is 41.1 Å². The normalized spacial score (nSPS) is 12.8. The van der Waals surface area contributed by atoms with Crippen LogP contribution in [0.25, 0.3) is 0 Å². The number of nitrogens with two attached hydrogens (primary N) is 1. The average molecular weight is 242 g/mol. The molecule has 1 rings (SSSR count). The van der Waals surface area contributed by atoms with Gasteiger partial charge in [-0.05, 0) is 30.5 Å². The molecule has 72 valence electrons. The van der Waals surface area contributed by atoms with Crippen molar-refractivity contribution in [2.75, 3.05) is 6.54 Å². The topological polar surface area (TPSA) is 26.0 Å². The minimum Gasteiger partial charge on any atom is -0.330 e. The first-order chi connectivity index (χ1) is 6.27. The highest BCUT2D eigenvalue weighted by Gasteiger charge is 2.06. The molecule has 1 aromatic rings. The average Bonchev–Trinajstić information content (AvgIpc) is 2.17. The molecule has 0 aliphatic carbocycles. The highest BCUT2D eigenvalue weighted by atomic mass is 79.9. The Kier molecular flexibility index (Phi) is 4.46. The molecule has 0 aliphatic rings. The Hall–Kier alpha value is -0.340. The second-order valence-corrected chi connectivity index (χ2v) is 4.16. The molecule has 13 heavy (non-hydrogen) atoms. The number of halogens is 1. The lowest BCUT2D eigenvalue weighted by molar-refractivity contribution is 0.518. The Morgan fingerprint density at radius 2 is 2.08 bits per heavy atom. The lowest BCUT2D eigenvalue weighted by Gasteiger charge is -2.12. The third-order valence-electron chi connectivity index (χ3n) is 2.38. The van der Waals surface area contributed by atoms with Crippen molar-refractivity contribution in [3.63, 3.8) is 0 Å². The van der Waals surface area contributed by atoms with Crippen LogP contribution in [0.3, 0.4) is 0 Å². The summed E-state index contributed by atoms with van der Waals surface area (Å²) in [6.45, 7) is 2.96. The van der Waals surface area contributed by atoms with Gasteiger partial charge in [-0.25, -0.2) is 0 Å². The van der Waals surface area contributed by atoms with Gasteiger partial charge in [-0.1, -0.05) is 47.5 Å². The molecule has 0 fully saturated rings. The van der Waals surface area contributed by atoms with Gasteiger partial charge in [0, 0.05) is 4.47 Å². The predicted octanol–water partition coefficient (Wildman–Crippen LogP) is 2.98. The van der Waals surface area contributed by atoms with E-state index in [0.717, 1.165) is 19.4 Å². The number of benzene rings is 1. The smallest absolute Gasteiger partial charge is 0.0207 e. The van der Waals surface area contributed by atoms with Crippen LogP contribution < -0.4 is 5.73 Å². The van der Waals surface area contributed by atoms with Crippen molar-refractivity contribution < 1.29 is 0 Å². The molecule has 1 aromatic carbocycles. The van der Waals surface area contributed by atoms with Crippen molar-refractivity contribution >= 4 is 15.9 Å². The quantitative estimate of drug-likeness (QED) is 0.862. The van der Waals surface area contributed by atoms with E-state index in [1.54, 1.807) is 0 Å². The minimum atomic E-state index is 0.610. The second kappa shape index (κ2) is 5.40. The lowest BCUT2D eigenvalue weighted by Crippen LogP contribution is -2.15. The molecule has 2 heteroatoms. The third-order valence-corrected chi connectivity index (χ3v) is 3.15. The highest BCUT2D eigenvalue weighted by molar-refractivity contribution is 9.10. The van der Waals surface area contributed by atoms with Crippen molar-refractivity contribution in [2.45, 2.75) is 19.8 Å². The van der Waals surface area contributed by atoms with Gasteiger partial charge < -0.3 is 5.73 Å². The van der Waals surface area contributed by atoms with Crippen molar-refractivity contribution in [1.82, 2.24) is 0 Å². The summed E-state index contributed by atoms with van der Waals surface area (Å²) in [7, 11) is 0. The third kappa shape index (κ3) is 3.12. The zero-order valence-corrected chi connectivity index (χ0v) is 9.55. The Balaban J connectivity index is 2.67. The van der Waals surface area contributed by atoms with Gasteiger partial charge in [-0.3, -0.25) is 0 Å². The molecule has 0 aliphatic heterocycles. The van der Waals surface area contributed by atoms with Gasteiger partial charge in [0.1, 0.15) is 0 Å². The SMILES string of the molecule is CC[C@@H](CN)Cc1ccccc1Br. The molecular formula is C11H16BrN. The van der Waals surface area contributed by atoms with E-state index in [4.69, 9.17) is 5.73 Å². The lowest BCUT2D eigenvalue weighted by atomic mass is 9.97. The summed E-state index contributed by atoms with van der Waals surface area (Å²) in [6.07, 6.45) is 2.23. The molecule has 0 saturated heterocycles. The molecule has 0 heterocycles. The fourth-order valence-corrected chi connectivity index (χ4v) is 1.82. The van der Waals surface area contributed by atoms with E-state index in [-0.39, 0.29) is 0 Å². The summed E-state index contributed by atoms with van der Waals surface area (Å²) in [4.78, 5) is 0. The van der Waals surface area contributed by atoms with Gasteiger partial charge in [-0.15, -0.1) is 0 Å². The molecule has 0 amide bonds. The molecule has 0 radical (unpaired) electrons. The molecule has 0 spiro atoms. The van der Waals surface area contributed by atoms with Crippen LogP contribution >= 0.6 is 15.9 Å². The Bertz CT molecular complexity index is 256. The maximum Gasteiger partial charge on any atom is 0.0207 e. The molecule has 0 bridgehead atoms. The van der Waals surface area contributed by atoms with E-state index in [1.807, 2.05) is 6.07 Å². The summed E-state index contributed by atoms with van der Waals surface area (Å²) >= 11 is 3.54. The summed E-state index contributed by atoms with van der Waals surface area (Å²) in [5.74, 6) is 0.610. The van der Waals surface area contributed by atoms with Gasteiger partial charge in [0.15, 0.2) is 0 Å². The van der Waals surface area contributed by atoms with Crippen LogP contribution in [-0.4, -0.2) is 6.54 Å². The Morgan fingerprint density at radius 1 is 1.38 bits per heavy atom. The number of hydrogen-bond donors (Lipinski definition) is 1. The first-order valence-electron chi connectivity index (χ1n) is 4.71. The van der Waals surface area contributed by atoms with Crippen LogP contribution in [0.2, 0.25) is 0 Å². The van der Waals surface area contributed by atoms with Crippen LogP contribution in [-0.2, 0) is 6.42 Å². The number of rotatable bonds is 4. The van der Waals surface area contributed by atoms with Crippen LogP contribution in [0.4, 0.5) is 0 Å². The molecular weight excluding hydrogens is 226 g/mol.